The lowest BCUT2D eigenvalue weighted by molar-refractivity contribution is -0.356. The lowest BCUT2D eigenvalue weighted by atomic mass is 10.0. The first kappa shape index (κ1) is 54.7. The highest BCUT2D eigenvalue weighted by atomic mass is 28.3. The molecule has 2 N–H and O–H groups in total. The Kier molecular flexibility index (Phi) is 21.3. The van der Waals surface area contributed by atoms with E-state index in [0.717, 1.165) is 0 Å². The van der Waals surface area contributed by atoms with E-state index >= 15 is 0 Å². The van der Waals surface area contributed by atoms with Gasteiger partial charge in [0.1, 0.15) is 8.24 Å². The van der Waals surface area contributed by atoms with E-state index in [2.05, 4.69) is 0 Å². The molecule has 0 spiro atoms. The molecule has 0 aromatic rings. The summed E-state index contributed by atoms with van der Waals surface area (Å²) in [4.78, 5) is 0. The van der Waals surface area contributed by atoms with Gasteiger partial charge in [-0.1, -0.05) is 96.3 Å². The second-order valence-electron chi connectivity index (χ2n) is 14.6. The van der Waals surface area contributed by atoms with Crippen LogP contribution in [0.4, 0.5) is 92.2 Å². The molecule has 1 nitrogen and oxygen atoms in total. The van der Waals surface area contributed by atoms with E-state index in [9.17, 15) is 92.2 Å². The predicted octanol–water partition coefficient (Wildman–Crippen LogP) is 15.6. The molecule has 0 saturated carbocycles. The largest absolute Gasteiger partial charge is 0.459 e. The van der Waals surface area contributed by atoms with Crippen LogP contribution in [0.5, 0.6) is 0 Å². The van der Waals surface area contributed by atoms with E-state index in [1.807, 2.05) is 0 Å². The first-order valence-corrected chi connectivity index (χ1v) is 21.1. The predicted molar refractivity (Wildman–Crippen MR) is 169 cm³/mol. The van der Waals surface area contributed by atoms with Crippen molar-refractivity contribution in [2.24, 2.45) is 5.40 Å². The number of hydrogen-bond acceptors (Lipinski definition) is 1. The van der Waals surface area contributed by atoms with Gasteiger partial charge < -0.3 is 5.40 Å². The number of alkyl halides is 21. The smallest absolute Gasteiger partial charge is 0.351 e. The third-order valence-electron chi connectivity index (χ3n) is 9.69. The van der Waals surface area contributed by atoms with Crippen LogP contribution >= 0.6 is 0 Å². The third-order valence-corrected chi connectivity index (χ3v) is 13.7. The molecule has 0 bridgehead atoms. The fourth-order valence-electron chi connectivity index (χ4n) is 6.06. The summed E-state index contributed by atoms with van der Waals surface area (Å²) < 4.78 is 269. The molecule has 0 aliphatic rings. The zero-order valence-electron chi connectivity index (χ0n) is 30.5. The van der Waals surface area contributed by atoms with Gasteiger partial charge in [0.05, 0.1) is 0 Å². The molecule has 0 unspecified atom stereocenters. The lowest BCUT2D eigenvalue weighted by Gasteiger charge is -2.28. The Bertz CT molecular complexity index is 955. The van der Waals surface area contributed by atoms with Crippen molar-refractivity contribution in [3.8, 4) is 0 Å². The van der Waals surface area contributed by atoms with Crippen LogP contribution in [-0.4, -0.2) is 62.3 Å². The molecule has 0 rings (SSSR count). The molecule has 0 fully saturated rings. The minimum absolute atomic E-state index is 0.0421. The van der Waals surface area contributed by atoms with Gasteiger partial charge in [0.2, 0.25) is 0 Å². The standard InChI is InChI=1S/C33H50F21NSi/c34-25(35,28(40,41)31(46,47)48)19-13-7-1-4-10-16-22-56(55,23-17-11-5-2-8-14-20-26(36,37)29(42,43)32(49,50)51)24-18-12-6-3-9-15-21-27(38,39)30(44,45)33(52,53)54/h1-24,55H2. The third kappa shape index (κ3) is 16.8. The summed E-state index contributed by atoms with van der Waals surface area (Å²) in [6, 6.07) is 1.61. The summed E-state index contributed by atoms with van der Waals surface area (Å²) in [5.41, 5.74) is 0. The summed E-state index contributed by atoms with van der Waals surface area (Å²) in [7, 11) is -2.53. The van der Waals surface area contributed by atoms with Crippen LogP contribution in [-0.2, 0) is 0 Å². The highest BCUT2D eigenvalue weighted by molar-refractivity contribution is 6.76. The van der Waals surface area contributed by atoms with Crippen LogP contribution in [0.2, 0.25) is 18.1 Å². The number of halogens is 21. The summed E-state index contributed by atoms with van der Waals surface area (Å²) in [5, 5.41) is 6.76. The summed E-state index contributed by atoms with van der Waals surface area (Å²) in [6.07, 6.45) is -20.9. The fourth-order valence-corrected chi connectivity index (χ4v) is 9.67. The molecule has 0 radical (unpaired) electrons. The number of hydrogen-bond donors (Lipinski definition) is 1. The summed E-state index contributed by atoms with van der Waals surface area (Å²) in [6.45, 7) is 0. The van der Waals surface area contributed by atoms with Gasteiger partial charge in [0, 0.05) is 19.3 Å². The van der Waals surface area contributed by atoms with Crippen LogP contribution in [0, 0.1) is 0 Å². The molecular formula is C33H50F21NSi. The molecule has 0 heterocycles. The van der Waals surface area contributed by atoms with Crippen LogP contribution < -0.4 is 5.40 Å². The van der Waals surface area contributed by atoms with Crippen molar-refractivity contribution in [3.05, 3.63) is 0 Å². The van der Waals surface area contributed by atoms with E-state index in [0.29, 0.717) is 75.9 Å². The van der Waals surface area contributed by atoms with Crippen LogP contribution in [0.15, 0.2) is 0 Å². The lowest BCUT2D eigenvalue weighted by Crippen LogP contribution is -2.51. The Balaban J connectivity index is 4.86. The Morgan fingerprint density at radius 3 is 0.589 bits per heavy atom. The van der Waals surface area contributed by atoms with Crippen molar-refractivity contribution < 1.29 is 92.2 Å². The normalized spacial score (nSPS) is 14.9. The van der Waals surface area contributed by atoms with E-state index in [1.54, 1.807) is 0 Å². The average molecular weight is 888 g/mol. The second-order valence-corrected chi connectivity index (χ2v) is 18.8. The van der Waals surface area contributed by atoms with Crippen LogP contribution in [0.3, 0.4) is 0 Å². The van der Waals surface area contributed by atoms with Gasteiger partial charge in [-0.2, -0.15) is 92.2 Å². The SMILES string of the molecule is N[Si](CCCCCCCCC(F)(F)C(F)(F)C(F)(F)F)(CCCCCCCCC(F)(F)C(F)(F)C(F)(F)F)CCCCCCCCC(F)(F)C(F)(F)C(F)(F)F. The van der Waals surface area contributed by atoms with Crippen LogP contribution in [0.25, 0.3) is 0 Å². The van der Waals surface area contributed by atoms with Gasteiger partial charge in [-0.25, -0.2) is 0 Å². The highest BCUT2D eigenvalue weighted by Gasteiger charge is 2.74. The zero-order valence-corrected chi connectivity index (χ0v) is 31.5. The fraction of sp³-hybridized carbons (Fsp3) is 1.00. The molecule has 0 aromatic carbocycles. The van der Waals surface area contributed by atoms with Gasteiger partial charge in [0.25, 0.3) is 0 Å². The Labute approximate surface area is 313 Å². The van der Waals surface area contributed by atoms with Gasteiger partial charge in [-0.05, 0) is 37.4 Å². The summed E-state index contributed by atoms with van der Waals surface area (Å²) in [5.74, 6) is -34.4. The van der Waals surface area contributed by atoms with Gasteiger partial charge >= 0.3 is 54.1 Å². The quantitative estimate of drug-likeness (QED) is 0.0434. The monoisotopic (exact) mass is 887 g/mol. The zero-order chi connectivity index (χ0) is 44.0. The highest BCUT2D eigenvalue weighted by Crippen LogP contribution is 2.51. The van der Waals surface area contributed by atoms with Crippen molar-refractivity contribution in [2.75, 3.05) is 0 Å². The van der Waals surface area contributed by atoms with Crippen LogP contribution in [0.1, 0.15) is 135 Å². The molecule has 23 heteroatoms. The van der Waals surface area contributed by atoms with Crippen molar-refractivity contribution in [2.45, 2.75) is 207 Å². The number of unbranched alkanes of at least 4 members (excludes halogenated alkanes) is 15. The maximum atomic E-state index is 13.5. The van der Waals surface area contributed by atoms with E-state index in [-0.39, 0.29) is 38.5 Å². The topological polar surface area (TPSA) is 26.0 Å². The Morgan fingerprint density at radius 2 is 0.411 bits per heavy atom. The molecule has 0 aliphatic heterocycles. The summed E-state index contributed by atoms with van der Waals surface area (Å²) >= 11 is 0. The van der Waals surface area contributed by atoms with Crippen molar-refractivity contribution in [1.82, 2.24) is 0 Å². The molecule has 0 atom stereocenters. The Morgan fingerprint density at radius 1 is 0.250 bits per heavy atom. The van der Waals surface area contributed by atoms with Crippen molar-refractivity contribution in [3.63, 3.8) is 0 Å². The molecule has 0 amide bonds. The first-order valence-electron chi connectivity index (χ1n) is 18.4. The van der Waals surface area contributed by atoms with Gasteiger partial charge in [0.15, 0.2) is 0 Å². The average Bonchev–Trinajstić information content (AvgIpc) is 3.03. The molecule has 0 aromatic heterocycles. The maximum Gasteiger partial charge on any atom is 0.459 e. The number of rotatable bonds is 30. The van der Waals surface area contributed by atoms with E-state index < -0.39 is 101 Å². The minimum atomic E-state index is -6.41. The van der Waals surface area contributed by atoms with Gasteiger partial charge in [-0.3, -0.25) is 0 Å². The minimum Gasteiger partial charge on any atom is -0.351 e. The number of nitrogens with two attached hydrogens (primary N) is 1. The molecule has 56 heavy (non-hydrogen) atoms. The van der Waals surface area contributed by atoms with Crippen molar-refractivity contribution >= 4 is 8.24 Å². The molecule has 0 aliphatic carbocycles. The first-order chi connectivity index (χ1) is 25.1. The molecular weight excluding hydrogens is 837 g/mol. The Hall–Kier alpha value is -1.29. The molecule has 338 valence electrons. The van der Waals surface area contributed by atoms with E-state index in [1.165, 1.54) is 0 Å². The second kappa shape index (κ2) is 21.8. The molecule has 0 saturated heterocycles. The van der Waals surface area contributed by atoms with Crippen molar-refractivity contribution in [1.29, 1.82) is 0 Å². The van der Waals surface area contributed by atoms with E-state index in [4.69, 9.17) is 5.40 Å². The van der Waals surface area contributed by atoms with Gasteiger partial charge in [-0.15, -0.1) is 0 Å². The maximum absolute atomic E-state index is 13.5.